The number of methoxy groups -OCH3 is 1. The van der Waals surface area contributed by atoms with E-state index >= 15 is 0 Å². The number of rotatable bonds is 5. The number of nitrogens with zero attached hydrogens (tertiary/aromatic N) is 1. The topological polar surface area (TPSA) is 64.4 Å². The van der Waals surface area contributed by atoms with Gasteiger partial charge in [0.15, 0.2) is 5.75 Å². The van der Waals surface area contributed by atoms with Crippen LogP contribution in [0.5, 0.6) is 5.75 Å². The normalized spacial score (nSPS) is 10.1. The lowest BCUT2D eigenvalue weighted by Crippen LogP contribution is -2.01. The summed E-state index contributed by atoms with van der Waals surface area (Å²) in [6, 6.07) is 10.7. The van der Waals surface area contributed by atoms with Gasteiger partial charge >= 0.3 is 5.69 Å². The largest absolute Gasteiger partial charge is 0.490 e. The molecular formula is C14H13FN2O3. The Labute approximate surface area is 115 Å². The van der Waals surface area contributed by atoms with Gasteiger partial charge in [0.1, 0.15) is 5.82 Å². The number of nitro groups is 1. The molecule has 0 unspecified atom stereocenters. The molecule has 0 atom stereocenters. The zero-order valence-electron chi connectivity index (χ0n) is 10.8. The molecule has 0 spiro atoms. The van der Waals surface area contributed by atoms with Gasteiger partial charge < -0.3 is 10.1 Å². The Hall–Kier alpha value is -2.63. The first-order chi connectivity index (χ1) is 9.60. The van der Waals surface area contributed by atoms with E-state index in [0.29, 0.717) is 12.2 Å². The fourth-order valence-electron chi connectivity index (χ4n) is 1.79. The van der Waals surface area contributed by atoms with Crippen molar-refractivity contribution in [3.05, 3.63) is 64.0 Å². The van der Waals surface area contributed by atoms with Crippen LogP contribution in [0, 0.1) is 15.9 Å². The summed E-state index contributed by atoms with van der Waals surface area (Å²) >= 11 is 0. The first-order valence-corrected chi connectivity index (χ1v) is 5.91. The molecular weight excluding hydrogens is 263 g/mol. The molecule has 0 saturated carbocycles. The van der Waals surface area contributed by atoms with Gasteiger partial charge in [0.25, 0.3) is 0 Å². The number of hydrogen-bond donors (Lipinski definition) is 1. The van der Waals surface area contributed by atoms with Gasteiger partial charge in [0.2, 0.25) is 0 Å². The average molecular weight is 276 g/mol. The SMILES string of the molecule is COc1cc(NCc2cccc(F)c2)ccc1[N+](=O)[O-]. The third kappa shape index (κ3) is 3.23. The van der Waals surface area contributed by atoms with E-state index in [1.165, 1.54) is 31.4 Å². The molecule has 0 heterocycles. The molecule has 6 heteroatoms. The number of nitrogens with one attached hydrogen (secondary N) is 1. The van der Waals surface area contributed by atoms with Crippen LogP contribution in [0.4, 0.5) is 15.8 Å². The molecule has 20 heavy (non-hydrogen) atoms. The van der Waals surface area contributed by atoms with Gasteiger partial charge in [-0.2, -0.15) is 0 Å². The lowest BCUT2D eigenvalue weighted by molar-refractivity contribution is -0.385. The third-order valence-corrected chi connectivity index (χ3v) is 2.76. The van der Waals surface area contributed by atoms with Crippen LogP contribution in [0.25, 0.3) is 0 Å². The summed E-state index contributed by atoms with van der Waals surface area (Å²) in [5.74, 6) is -0.121. The Balaban J connectivity index is 2.12. The van der Waals surface area contributed by atoms with Crippen LogP contribution in [0.2, 0.25) is 0 Å². The fourth-order valence-corrected chi connectivity index (χ4v) is 1.79. The van der Waals surface area contributed by atoms with Gasteiger partial charge in [-0.1, -0.05) is 12.1 Å². The van der Waals surface area contributed by atoms with Crippen LogP contribution in [-0.4, -0.2) is 12.0 Å². The maximum absolute atomic E-state index is 13.0. The van der Waals surface area contributed by atoms with E-state index in [4.69, 9.17) is 4.74 Å². The van der Waals surface area contributed by atoms with Crippen molar-refractivity contribution in [2.24, 2.45) is 0 Å². The Morgan fingerprint density at radius 2 is 2.10 bits per heavy atom. The second-order valence-corrected chi connectivity index (χ2v) is 4.13. The van der Waals surface area contributed by atoms with Crippen molar-refractivity contribution < 1.29 is 14.1 Å². The highest BCUT2D eigenvalue weighted by Crippen LogP contribution is 2.29. The van der Waals surface area contributed by atoms with Gasteiger partial charge in [-0.25, -0.2) is 4.39 Å². The van der Waals surface area contributed by atoms with Crippen molar-refractivity contribution in [1.82, 2.24) is 0 Å². The minimum Gasteiger partial charge on any atom is -0.490 e. The molecule has 0 aromatic heterocycles. The van der Waals surface area contributed by atoms with E-state index in [1.807, 2.05) is 0 Å². The van der Waals surface area contributed by atoms with Crippen LogP contribution >= 0.6 is 0 Å². The molecule has 1 N–H and O–H groups in total. The molecule has 0 radical (unpaired) electrons. The molecule has 2 aromatic carbocycles. The number of anilines is 1. The molecule has 2 aromatic rings. The molecule has 0 aliphatic rings. The predicted octanol–water partition coefficient (Wildman–Crippen LogP) is 3.35. The number of benzene rings is 2. The number of ether oxygens (including phenoxy) is 1. The van der Waals surface area contributed by atoms with Gasteiger partial charge in [-0.15, -0.1) is 0 Å². The van der Waals surface area contributed by atoms with E-state index in [0.717, 1.165) is 5.56 Å². The molecule has 0 aliphatic heterocycles. The summed E-state index contributed by atoms with van der Waals surface area (Å²) in [4.78, 5) is 10.3. The average Bonchev–Trinajstić information content (AvgIpc) is 2.44. The van der Waals surface area contributed by atoms with Gasteiger partial charge in [0.05, 0.1) is 12.0 Å². The third-order valence-electron chi connectivity index (χ3n) is 2.76. The zero-order valence-corrected chi connectivity index (χ0v) is 10.8. The molecule has 0 fully saturated rings. The standard InChI is InChI=1S/C14H13FN2O3/c1-20-14-8-12(5-6-13(14)17(18)19)16-9-10-3-2-4-11(15)7-10/h2-8,16H,9H2,1H3. The second kappa shape index (κ2) is 6.01. The summed E-state index contributed by atoms with van der Waals surface area (Å²) in [7, 11) is 1.37. The van der Waals surface area contributed by atoms with E-state index < -0.39 is 4.92 Å². The summed E-state index contributed by atoms with van der Waals surface area (Å²) < 4.78 is 18.0. The summed E-state index contributed by atoms with van der Waals surface area (Å²) in [5, 5.41) is 13.8. The molecule has 104 valence electrons. The van der Waals surface area contributed by atoms with Gasteiger partial charge in [-0.05, 0) is 23.8 Å². The van der Waals surface area contributed by atoms with Crippen molar-refractivity contribution in [3.8, 4) is 5.75 Å². The smallest absolute Gasteiger partial charge is 0.311 e. The van der Waals surface area contributed by atoms with E-state index in [1.54, 1.807) is 18.2 Å². The van der Waals surface area contributed by atoms with Crippen molar-refractivity contribution in [2.45, 2.75) is 6.54 Å². The van der Waals surface area contributed by atoms with Gasteiger partial charge in [-0.3, -0.25) is 10.1 Å². The summed E-state index contributed by atoms with van der Waals surface area (Å²) in [6.07, 6.45) is 0. The summed E-state index contributed by atoms with van der Waals surface area (Å²) in [5.41, 5.74) is 1.35. The van der Waals surface area contributed by atoms with E-state index in [-0.39, 0.29) is 17.3 Å². The maximum atomic E-state index is 13.0. The Bertz CT molecular complexity index is 632. The predicted molar refractivity (Wildman–Crippen MR) is 73.4 cm³/mol. The molecule has 2 rings (SSSR count). The molecule has 0 bridgehead atoms. The minimum absolute atomic E-state index is 0.0937. The maximum Gasteiger partial charge on any atom is 0.311 e. The van der Waals surface area contributed by atoms with Crippen LogP contribution in [0.3, 0.4) is 0 Å². The quantitative estimate of drug-likeness (QED) is 0.671. The highest BCUT2D eigenvalue weighted by Gasteiger charge is 2.14. The van der Waals surface area contributed by atoms with Crippen molar-refractivity contribution in [3.63, 3.8) is 0 Å². The van der Waals surface area contributed by atoms with Crippen LogP contribution in [0.1, 0.15) is 5.56 Å². The molecule has 5 nitrogen and oxygen atoms in total. The highest BCUT2D eigenvalue weighted by molar-refractivity contribution is 5.58. The zero-order chi connectivity index (χ0) is 14.5. The molecule has 0 amide bonds. The highest BCUT2D eigenvalue weighted by atomic mass is 19.1. The van der Waals surface area contributed by atoms with E-state index in [2.05, 4.69) is 5.32 Å². The van der Waals surface area contributed by atoms with Crippen LogP contribution < -0.4 is 10.1 Å². The fraction of sp³-hybridized carbons (Fsp3) is 0.143. The van der Waals surface area contributed by atoms with Crippen molar-refractivity contribution >= 4 is 11.4 Å². The van der Waals surface area contributed by atoms with Crippen molar-refractivity contribution in [2.75, 3.05) is 12.4 Å². The lowest BCUT2D eigenvalue weighted by Gasteiger charge is -2.08. The Morgan fingerprint density at radius 1 is 1.30 bits per heavy atom. The van der Waals surface area contributed by atoms with Crippen molar-refractivity contribution in [1.29, 1.82) is 0 Å². The first kappa shape index (κ1) is 13.8. The Morgan fingerprint density at radius 3 is 2.75 bits per heavy atom. The number of halogens is 1. The molecule has 0 saturated heterocycles. The molecule has 0 aliphatic carbocycles. The Kier molecular flexibility index (Phi) is 4.14. The van der Waals surface area contributed by atoms with Gasteiger partial charge in [0, 0.05) is 24.4 Å². The summed E-state index contributed by atoms with van der Waals surface area (Å²) in [6.45, 7) is 0.415. The first-order valence-electron chi connectivity index (χ1n) is 5.91. The lowest BCUT2D eigenvalue weighted by atomic mass is 10.2. The monoisotopic (exact) mass is 276 g/mol. The van der Waals surface area contributed by atoms with Crippen LogP contribution in [0.15, 0.2) is 42.5 Å². The van der Waals surface area contributed by atoms with E-state index in [9.17, 15) is 14.5 Å². The number of hydrogen-bond acceptors (Lipinski definition) is 4. The van der Waals surface area contributed by atoms with Crippen LogP contribution in [-0.2, 0) is 6.54 Å². The second-order valence-electron chi connectivity index (χ2n) is 4.13. The minimum atomic E-state index is -0.505. The number of nitro benzene ring substituents is 1.